The highest BCUT2D eigenvalue weighted by molar-refractivity contribution is 9.10. The van der Waals surface area contributed by atoms with Gasteiger partial charge in [0.2, 0.25) is 5.43 Å². The highest BCUT2D eigenvalue weighted by Gasteiger charge is 2.60. The molecular weight excluding hydrogens is 338 g/mol. The smallest absolute Gasteiger partial charge is 0.238 e. The number of nitrogens with zero attached hydrogens (tertiary/aromatic N) is 1. The summed E-state index contributed by atoms with van der Waals surface area (Å²) in [5.41, 5.74) is -1.03. The molecule has 0 N–H and O–H groups in total. The van der Waals surface area contributed by atoms with Gasteiger partial charge in [-0.05, 0) is 42.1 Å². The first kappa shape index (κ1) is 14.8. The molecule has 3 rings (SSSR count). The van der Waals surface area contributed by atoms with Gasteiger partial charge in [-0.3, -0.25) is 9.59 Å². The van der Waals surface area contributed by atoms with Crippen molar-refractivity contribution in [3.05, 3.63) is 26.6 Å². The van der Waals surface area contributed by atoms with Crippen LogP contribution in [0.2, 0.25) is 0 Å². The van der Waals surface area contributed by atoms with Crippen LogP contribution in [0.1, 0.15) is 36.7 Å². The number of hydrogen-bond donors (Lipinski definition) is 0. The first-order chi connectivity index (χ1) is 9.90. The summed E-state index contributed by atoms with van der Waals surface area (Å²) in [5.74, 6) is 0.0572. The van der Waals surface area contributed by atoms with Crippen LogP contribution in [0.5, 0.6) is 5.75 Å². The van der Waals surface area contributed by atoms with Crippen molar-refractivity contribution in [2.45, 2.75) is 38.3 Å². The predicted molar refractivity (Wildman–Crippen MR) is 81.0 cm³/mol. The second-order valence-electron chi connectivity index (χ2n) is 6.03. The Morgan fingerprint density at radius 1 is 1.29 bits per heavy atom. The lowest BCUT2D eigenvalue weighted by molar-refractivity contribution is -0.0892. The molecule has 0 bridgehead atoms. The topological polar surface area (TPSA) is 57.5 Å². The Morgan fingerprint density at radius 3 is 2.62 bits per heavy atom. The molecule has 1 aromatic heterocycles. The van der Waals surface area contributed by atoms with Crippen molar-refractivity contribution in [1.82, 2.24) is 4.57 Å². The first-order valence-electron chi connectivity index (χ1n) is 6.97. The van der Waals surface area contributed by atoms with Crippen molar-refractivity contribution in [2.24, 2.45) is 5.41 Å². The van der Waals surface area contributed by atoms with E-state index < -0.39 is 11.0 Å². The summed E-state index contributed by atoms with van der Waals surface area (Å²) in [6, 6.07) is 0. The Kier molecular flexibility index (Phi) is 3.29. The second-order valence-corrected chi connectivity index (χ2v) is 6.88. The Balaban J connectivity index is 2.30. The number of hydrogen-bond acceptors (Lipinski definition) is 4. The van der Waals surface area contributed by atoms with Gasteiger partial charge in [0.1, 0.15) is 5.69 Å². The van der Waals surface area contributed by atoms with E-state index in [-0.39, 0.29) is 17.0 Å². The van der Waals surface area contributed by atoms with Crippen LogP contribution in [0.4, 0.5) is 0 Å². The molecule has 2 aliphatic rings. The number of methoxy groups -OCH3 is 2. The lowest BCUT2D eigenvalue weighted by Crippen LogP contribution is -2.56. The van der Waals surface area contributed by atoms with Gasteiger partial charge in [0.25, 0.3) is 0 Å². The fourth-order valence-electron chi connectivity index (χ4n) is 3.89. The standard InChI is InChI=1S/C15H18BrNO4/c1-14-5-4-6-15(14,21-3)8-17-7-9(16)11(18)12(20-2)10(17)13(14)19/h7H,4-6,8H2,1-3H3. The van der Waals surface area contributed by atoms with Crippen LogP contribution in [-0.4, -0.2) is 30.2 Å². The van der Waals surface area contributed by atoms with Crippen molar-refractivity contribution in [2.75, 3.05) is 14.2 Å². The number of ether oxygens (including phenoxy) is 2. The monoisotopic (exact) mass is 355 g/mol. The lowest BCUT2D eigenvalue weighted by atomic mass is 9.69. The molecule has 21 heavy (non-hydrogen) atoms. The fourth-order valence-corrected chi connectivity index (χ4v) is 4.31. The molecule has 6 heteroatoms. The summed E-state index contributed by atoms with van der Waals surface area (Å²) < 4.78 is 13.2. The zero-order chi connectivity index (χ0) is 15.4. The molecule has 0 spiro atoms. The van der Waals surface area contributed by atoms with E-state index in [1.54, 1.807) is 17.9 Å². The van der Waals surface area contributed by atoms with E-state index in [2.05, 4.69) is 15.9 Å². The van der Waals surface area contributed by atoms with E-state index >= 15 is 0 Å². The Labute approximate surface area is 131 Å². The lowest BCUT2D eigenvalue weighted by Gasteiger charge is -2.46. The number of fused-ring (bicyclic) bond motifs is 2. The Morgan fingerprint density at radius 2 is 2.00 bits per heavy atom. The molecule has 1 aliphatic heterocycles. The van der Waals surface area contributed by atoms with E-state index in [9.17, 15) is 9.59 Å². The first-order valence-corrected chi connectivity index (χ1v) is 7.76. The molecule has 0 aromatic carbocycles. The summed E-state index contributed by atoms with van der Waals surface area (Å²) in [6.45, 7) is 2.50. The third kappa shape index (κ3) is 1.72. The summed E-state index contributed by atoms with van der Waals surface area (Å²) in [5, 5.41) is 0. The molecule has 0 amide bonds. The third-order valence-electron chi connectivity index (χ3n) is 5.19. The SMILES string of the molecule is COc1c2n(cc(Br)c1=O)CC1(OC)CCCC1(C)C2=O. The normalized spacial score (nSPS) is 31.0. The summed E-state index contributed by atoms with van der Waals surface area (Å²) in [7, 11) is 3.09. The number of rotatable bonds is 2. The van der Waals surface area contributed by atoms with Crippen LogP contribution in [0.3, 0.4) is 0 Å². The number of aromatic nitrogens is 1. The van der Waals surface area contributed by atoms with Crippen molar-refractivity contribution >= 4 is 21.7 Å². The van der Waals surface area contributed by atoms with Crippen LogP contribution in [-0.2, 0) is 11.3 Å². The number of carbonyl (C=O) groups excluding carboxylic acids is 1. The molecule has 114 valence electrons. The number of pyridine rings is 1. The minimum Gasteiger partial charge on any atom is -0.491 e. The molecule has 2 atom stereocenters. The molecule has 1 fully saturated rings. The van der Waals surface area contributed by atoms with Gasteiger partial charge in [0.15, 0.2) is 11.5 Å². The highest BCUT2D eigenvalue weighted by Crippen LogP contribution is 2.54. The summed E-state index contributed by atoms with van der Waals surface area (Å²) >= 11 is 3.25. The van der Waals surface area contributed by atoms with Crippen molar-refractivity contribution in [3.8, 4) is 5.75 Å². The maximum absolute atomic E-state index is 13.1. The van der Waals surface area contributed by atoms with Gasteiger partial charge in [0.05, 0.1) is 29.1 Å². The average Bonchev–Trinajstić information content (AvgIpc) is 2.80. The Hall–Kier alpha value is -1.14. The van der Waals surface area contributed by atoms with Crippen molar-refractivity contribution in [3.63, 3.8) is 0 Å². The summed E-state index contributed by atoms with van der Waals surface area (Å²) in [6.07, 6.45) is 4.22. The van der Waals surface area contributed by atoms with Crippen LogP contribution in [0.15, 0.2) is 15.5 Å². The molecule has 0 radical (unpaired) electrons. The average molecular weight is 356 g/mol. The van der Waals surface area contributed by atoms with E-state index in [0.717, 1.165) is 19.3 Å². The quantitative estimate of drug-likeness (QED) is 0.817. The van der Waals surface area contributed by atoms with Gasteiger partial charge in [-0.15, -0.1) is 0 Å². The largest absolute Gasteiger partial charge is 0.491 e. The zero-order valence-electron chi connectivity index (χ0n) is 12.4. The minimum atomic E-state index is -0.602. The zero-order valence-corrected chi connectivity index (χ0v) is 13.9. The predicted octanol–water partition coefficient (Wildman–Crippen LogP) is 2.39. The molecular formula is C15H18BrNO4. The van der Waals surface area contributed by atoms with Gasteiger partial charge >= 0.3 is 0 Å². The van der Waals surface area contributed by atoms with Gasteiger partial charge in [-0.25, -0.2) is 0 Å². The van der Waals surface area contributed by atoms with Gasteiger partial charge in [-0.1, -0.05) is 0 Å². The number of carbonyl (C=O) groups is 1. The van der Waals surface area contributed by atoms with Crippen molar-refractivity contribution < 1.29 is 14.3 Å². The van der Waals surface area contributed by atoms with Crippen LogP contribution < -0.4 is 10.2 Å². The molecule has 5 nitrogen and oxygen atoms in total. The molecule has 1 saturated carbocycles. The van der Waals surface area contributed by atoms with Gasteiger partial charge in [0, 0.05) is 13.3 Å². The van der Waals surface area contributed by atoms with Crippen LogP contribution >= 0.6 is 15.9 Å². The molecule has 2 unspecified atom stereocenters. The van der Waals surface area contributed by atoms with E-state index in [4.69, 9.17) is 9.47 Å². The Bertz CT molecular complexity index is 683. The van der Waals surface area contributed by atoms with Gasteiger partial charge < -0.3 is 14.0 Å². The maximum atomic E-state index is 13.1. The third-order valence-corrected chi connectivity index (χ3v) is 5.76. The molecule has 0 saturated heterocycles. The van der Waals surface area contributed by atoms with Gasteiger partial charge in [-0.2, -0.15) is 0 Å². The summed E-state index contributed by atoms with van der Waals surface area (Å²) in [4.78, 5) is 25.3. The molecule has 2 heterocycles. The molecule has 1 aliphatic carbocycles. The molecule has 1 aromatic rings. The van der Waals surface area contributed by atoms with Crippen molar-refractivity contribution in [1.29, 1.82) is 0 Å². The fraction of sp³-hybridized carbons (Fsp3) is 0.600. The van der Waals surface area contributed by atoms with Crippen LogP contribution in [0.25, 0.3) is 0 Å². The van der Waals surface area contributed by atoms with Crippen LogP contribution in [0, 0.1) is 5.41 Å². The number of ketones is 1. The minimum absolute atomic E-state index is 0.0606. The maximum Gasteiger partial charge on any atom is 0.238 e. The highest BCUT2D eigenvalue weighted by atomic mass is 79.9. The van der Waals surface area contributed by atoms with E-state index in [1.165, 1.54) is 7.11 Å². The van der Waals surface area contributed by atoms with E-state index in [0.29, 0.717) is 16.7 Å². The van der Waals surface area contributed by atoms with E-state index in [1.807, 2.05) is 6.92 Å². The second kappa shape index (κ2) is 4.68. The number of Topliss-reactive ketones (excluding diaryl/α,β-unsaturated/α-hetero) is 1. The number of halogens is 1.